The summed E-state index contributed by atoms with van der Waals surface area (Å²) in [5, 5.41) is 31.6. The Balaban J connectivity index is 2.12. The number of nitro groups is 2. The van der Waals surface area contributed by atoms with Crippen molar-refractivity contribution in [1.29, 1.82) is 5.26 Å². The third-order valence-corrected chi connectivity index (χ3v) is 4.24. The van der Waals surface area contributed by atoms with E-state index < -0.39 is 21.2 Å². The number of nitro benzene ring substituents is 2. The van der Waals surface area contributed by atoms with Gasteiger partial charge in [-0.2, -0.15) is 5.26 Å². The van der Waals surface area contributed by atoms with Crippen molar-refractivity contribution >= 4 is 44.3 Å². The van der Waals surface area contributed by atoms with Gasteiger partial charge in [0.25, 0.3) is 5.69 Å². The van der Waals surface area contributed by atoms with Gasteiger partial charge in [-0.25, -0.2) is 9.98 Å². The molecule has 0 unspecified atom stereocenters. The highest BCUT2D eigenvalue weighted by Gasteiger charge is 2.20. The van der Waals surface area contributed by atoms with Crippen molar-refractivity contribution in [3.8, 4) is 6.07 Å². The van der Waals surface area contributed by atoms with Crippen LogP contribution in [0.4, 0.5) is 17.1 Å². The number of aliphatic imine (C=N–C) groups is 1. The van der Waals surface area contributed by atoms with Gasteiger partial charge >= 0.3 is 5.69 Å². The molecule has 10 heteroatoms. The Labute approximate surface area is 143 Å². The molecule has 0 aliphatic rings. The molecule has 0 saturated heterocycles. The van der Waals surface area contributed by atoms with Crippen molar-refractivity contribution in [3.63, 3.8) is 0 Å². The Hall–Kier alpha value is -3.71. The molecule has 122 valence electrons. The fourth-order valence-electron chi connectivity index (χ4n) is 2.08. The second-order valence-electron chi connectivity index (χ2n) is 4.75. The topological polar surface area (TPSA) is 135 Å². The van der Waals surface area contributed by atoms with Gasteiger partial charge in [0.1, 0.15) is 11.8 Å². The molecule has 25 heavy (non-hydrogen) atoms. The Morgan fingerprint density at radius 1 is 1.16 bits per heavy atom. The third kappa shape index (κ3) is 3.17. The molecule has 1 heterocycles. The van der Waals surface area contributed by atoms with E-state index in [1.165, 1.54) is 11.3 Å². The van der Waals surface area contributed by atoms with Crippen LogP contribution < -0.4 is 0 Å². The van der Waals surface area contributed by atoms with Crippen molar-refractivity contribution in [2.75, 3.05) is 0 Å². The summed E-state index contributed by atoms with van der Waals surface area (Å²) < 4.78 is 0.846. The van der Waals surface area contributed by atoms with E-state index in [0.29, 0.717) is 10.5 Å². The molecule has 3 aromatic rings. The summed E-state index contributed by atoms with van der Waals surface area (Å²) >= 11 is 1.23. The van der Waals surface area contributed by atoms with Crippen LogP contribution in [-0.4, -0.2) is 20.5 Å². The van der Waals surface area contributed by atoms with Gasteiger partial charge in [0.15, 0.2) is 10.7 Å². The number of thiazole rings is 1. The van der Waals surface area contributed by atoms with Crippen LogP contribution in [0.2, 0.25) is 0 Å². The maximum absolute atomic E-state index is 11.2. The smallest absolute Gasteiger partial charge is 0.258 e. The maximum Gasteiger partial charge on any atom is 0.301 e. The van der Waals surface area contributed by atoms with E-state index in [9.17, 15) is 25.5 Å². The molecule has 0 radical (unpaired) electrons. The second-order valence-corrected chi connectivity index (χ2v) is 5.78. The Morgan fingerprint density at radius 2 is 1.92 bits per heavy atom. The SMILES string of the molecule is N#CC(=Nc1ccc([N+](=O)[O-])cc1[N+](=O)[O-])c1nc2ccccc2s1. The van der Waals surface area contributed by atoms with Crippen LogP contribution in [0.15, 0.2) is 47.5 Å². The maximum atomic E-state index is 11.2. The van der Waals surface area contributed by atoms with Gasteiger partial charge in [-0.05, 0) is 18.2 Å². The molecule has 0 bridgehead atoms. The lowest BCUT2D eigenvalue weighted by Gasteiger charge is -1.98. The lowest BCUT2D eigenvalue weighted by atomic mass is 10.2. The molecule has 9 nitrogen and oxygen atoms in total. The zero-order valence-corrected chi connectivity index (χ0v) is 13.1. The van der Waals surface area contributed by atoms with Crippen molar-refractivity contribution < 1.29 is 9.85 Å². The summed E-state index contributed by atoms with van der Waals surface area (Å²) in [6, 6.07) is 12.2. The number of fused-ring (bicyclic) bond motifs is 1. The number of hydrogen-bond acceptors (Lipinski definition) is 8. The molecule has 3 rings (SSSR count). The fourth-order valence-corrected chi connectivity index (χ4v) is 2.99. The minimum absolute atomic E-state index is 0.0989. The van der Waals surface area contributed by atoms with Crippen LogP contribution in [0.3, 0.4) is 0 Å². The summed E-state index contributed by atoms with van der Waals surface area (Å²) in [6.07, 6.45) is 0. The van der Waals surface area contributed by atoms with Gasteiger partial charge in [0.2, 0.25) is 0 Å². The normalized spacial score (nSPS) is 11.2. The first kappa shape index (κ1) is 16.2. The minimum atomic E-state index is -0.779. The van der Waals surface area contributed by atoms with Crippen LogP contribution in [-0.2, 0) is 0 Å². The van der Waals surface area contributed by atoms with Gasteiger partial charge in [0.05, 0.1) is 26.1 Å². The Morgan fingerprint density at radius 3 is 2.56 bits per heavy atom. The Kier molecular flexibility index (Phi) is 4.15. The van der Waals surface area contributed by atoms with Crippen LogP contribution in [0.5, 0.6) is 0 Å². The summed E-state index contributed by atoms with van der Waals surface area (Å²) in [7, 11) is 0. The van der Waals surface area contributed by atoms with Gasteiger partial charge in [-0.15, -0.1) is 11.3 Å². The average molecular weight is 353 g/mol. The quantitative estimate of drug-likeness (QED) is 0.398. The van der Waals surface area contributed by atoms with Crippen molar-refractivity contribution in [2.24, 2.45) is 4.99 Å². The first-order valence-corrected chi connectivity index (χ1v) is 7.59. The number of para-hydroxylation sites is 1. The standard InChI is InChI=1S/C15H7N5O4S/c16-8-12(15-18-11-3-1-2-4-14(11)25-15)17-10-6-5-9(19(21)22)7-13(10)20(23)24/h1-7H. The summed E-state index contributed by atoms with van der Waals surface area (Å²) in [5.41, 5.74) is -0.541. The lowest BCUT2D eigenvalue weighted by molar-refractivity contribution is -0.393. The lowest BCUT2D eigenvalue weighted by Crippen LogP contribution is -1.97. The first-order chi connectivity index (χ1) is 12.0. The number of benzene rings is 2. The Bertz CT molecular complexity index is 1050. The van der Waals surface area contributed by atoms with E-state index in [-0.39, 0.29) is 11.4 Å². The zero-order chi connectivity index (χ0) is 18.0. The minimum Gasteiger partial charge on any atom is -0.258 e. The highest BCUT2D eigenvalue weighted by molar-refractivity contribution is 7.20. The third-order valence-electron chi connectivity index (χ3n) is 3.20. The van der Waals surface area contributed by atoms with E-state index >= 15 is 0 Å². The molecule has 0 aliphatic carbocycles. The molecular formula is C15H7N5O4S. The van der Waals surface area contributed by atoms with E-state index in [0.717, 1.165) is 22.9 Å². The van der Waals surface area contributed by atoms with Gasteiger partial charge in [-0.1, -0.05) is 12.1 Å². The zero-order valence-electron chi connectivity index (χ0n) is 12.3. The second kappa shape index (κ2) is 6.42. The van der Waals surface area contributed by atoms with E-state index in [1.807, 2.05) is 18.2 Å². The molecule has 0 fully saturated rings. The molecule has 1 aromatic heterocycles. The highest BCUT2D eigenvalue weighted by atomic mass is 32.1. The number of aromatic nitrogens is 1. The van der Waals surface area contributed by atoms with Crippen molar-refractivity contribution in [1.82, 2.24) is 4.98 Å². The highest BCUT2D eigenvalue weighted by Crippen LogP contribution is 2.32. The van der Waals surface area contributed by atoms with Crippen LogP contribution >= 0.6 is 11.3 Å². The van der Waals surface area contributed by atoms with Gasteiger partial charge < -0.3 is 0 Å². The summed E-state index contributed by atoms with van der Waals surface area (Å²) in [4.78, 5) is 28.7. The van der Waals surface area contributed by atoms with Crippen molar-refractivity contribution in [2.45, 2.75) is 0 Å². The molecule has 0 spiro atoms. The van der Waals surface area contributed by atoms with Gasteiger partial charge in [-0.3, -0.25) is 20.2 Å². The summed E-state index contributed by atoms with van der Waals surface area (Å²) in [6.45, 7) is 0. The summed E-state index contributed by atoms with van der Waals surface area (Å²) in [5.74, 6) is 0. The van der Waals surface area contributed by atoms with Crippen LogP contribution in [0.1, 0.15) is 5.01 Å². The number of nitrogens with zero attached hydrogens (tertiary/aromatic N) is 5. The molecule has 0 amide bonds. The molecular weight excluding hydrogens is 346 g/mol. The largest absolute Gasteiger partial charge is 0.301 e. The predicted octanol–water partition coefficient (Wildman–Crippen LogP) is 3.76. The van der Waals surface area contributed by atoms with Crippen molar-refractivity contribution in [3.05, 3.63) is 67.7 Å². The van der Waals surface area contributed by atoms with Crippen LogP contribution in [0.25, 0.3) is 10.2 Å². The van der Waals surface area contributed by atoms with Gasteiger partial charge in [0, 0.05) is 6.07 Å². The predicted molar refractivity (Wildman–Crippen MR) is 91.2 cm³/mol. The van der Waals surface area contributed by atoms with E-state index in [2.05, 4.69) is 9.98 Å². The molecule has 0 N–H and O–H groups in total. The monoisotopic (exact) mass is 353 g/mol. The average Bonchev–Trinajstić information content (AvgIpc) is 3.03. The number of hydrogen-bond donors (Lipinski definition) is 0. The van der Waals surface area contributed by atoms with Crippen LogP contribution in [0, 0.1) is 31.6 Å². The molecule has 0 aliphatic heterocycles. The first-order valence-electron chi connectivity index (χ1n) is 6.77. The molecule has 0 saturated carbocycles. The fraction of sp³-hybridized carbons (Fsp3) is 0. The van der Waals surface area contributed by atoms with E-state index in [4.69, 9.17) is 0 Å². The number of non-ortho nitro benzene ring substituents is 1. The molecule has 0 atom stereocenters. The van der Waals surface area contributed by atoms with E-state index in [1.54, 1.807) is 12.1 Å². The number of rotatable bonds is 4. The number of nitriles is 1. The molecule has 2 aromatic carbocycles.